The molecule has 0 N–H and O–H groups in total. The smallest absolute Gasteiger partial charge is 1.00 e. The molecule has 0 nitrogen and oxygen atoms in total. The topological polar surface area (TPSA) is 0 Å². The second kappa shape index (κ2) is 12.0. The molecular formula is C37H44Cl2Zr. The van der Waals surface area contributed by atoms with Crippen LogP contribution in [0.3, 0.4) is 0 Å². The Morgan fingerprint density at radius 1 is 0.675 bits per heavy atom. The third-order valence-corrected chi connectivity index (χ3v) is 16.9. The molecule has 3 aromatic rings. The predicted octanol–water partition coefficient (Wildman–Crippen LogP) is 4.01. The van der Waals surface area contributed by atoms with Crippen LogP contribution in [-0.2, 0) is 32.1 Å². The molecule has 0 aliphatic heterocycles. The van der Waals surface area contributed by atoms with Crippen molar-refractivity contribution in [3.8, 4) is 11.1 Å². The van der Waals surface area contributed by atoms with E-state index in [1.165, 1.54) is 39.0 Å². The molecule has 0 fully saturated rings. The summed E-state index contributed by atoms with van der Waals surface area (Å²) in [7, 11) is 0. The summed E-state index contributed by atoms with van der Waals surface area (Å²) < 4.78 is 5.03. The number of rotatable bonds is 3. The van der Waals surface area contributed by atoms with Crippen molar-refractivity contribution in [2.75, 3.05) is 0 Å². The molecule has 2 aliphatic carbocycles. The fourth-order valence-corrected chi connectivity index (χ4v) is 15.1. The average Bonchev–Trinajstić information content (AvgIpc) is 3.29. The van der Waals surface area contributed by atoms with Crippen molar-refractivity contribution in [1.29, 1.82) is 0 Å². The number of hydrogen-bond donors (Lipinski definition) is 0. The van der Waals surface area contributed by atoms with Crippen molar-refractivity contribution < 1.29 is 46.1 Å². The quantitative estimate of drug-likeness (QED) is 0.402. The SMILES string of the molecule is CC1=CC(C)[C](/[Zr+2](=[CH]\c2ccc(C)cc2)[CH]2c3cc(C(C)(C)C)ccc3-c3ccc(C(C)(C)C)cc32)=C1C.[Cl-].[Cl-]. The van der Waals surface area contributed by atoms with E-state index in [1.54, 1.807) is 20.0 Å². The van der Waals surface area contributed by atoms with Gasteiger partial charge in [0.1, 0.15) is 0 Å². The second-order valence-corrected chi connectivity index (χ2v) is 19.4. The van der Waals surface area contributed by atoms with Gasteiger partial charge in [0, 0.05) is 0 Å². The maximum atomic E-state index is 2.76. The Morgan fingerprint density at radius 2 is 1.15 bits per heavy atom. The molecule has 0 saturated heterocycles. The molecule has 2 aliphatic rings. The molecule has 3 heteroatoms. The van der Waals surface area contributed by atoms with E-state index in [0.717, 1.165) is 0 Å². The molecule has 0 radical (unpaired) electrons. The molecule has 0 saturated carbocycles. The van der Waals surface area contributed by atoms with Crippen LogP contribution in [0.4, 0.5) is 0 Å². The molecule has 0 aromatic heterocycles. The van der Waals surface area contributed by atoms with Crippen LogP contribution in [0, 0.1) is 12.8 Å². The molecular weight excluding hydrogens is 607 g/mol. The van der Waals surface area contributed by atoms with E-state index >= 15 is 0 Å². The normalized spacial score (nSPS) is 16.8. The van der Waals surface area contributed by atoms with Gasteiger partial charge in [-0.3, -0.25) is 0 Å². The van der Waals surface area contributed by atoms with E-state index in [1.807, 2.05) is 0 Å². The first-order valence-corrected chi connectivity index (χ1v) is 18.3. The van der Waals surface area contributed by atoms with Gasteiger partial charge >= 0.3 is 240 Å². The van der Waals surface area contributed by atoms with Gasteiger partial charge in [-0.2, -0.15) is 0 Å². The molecule has 210 valence electrons. The van der Waals surface area contributed by atoms with E-state index in [0.29, 0.717) is 9.54 Å². The number of benzene rings is 3. The van der Waals surface area contributed by atoms with E-state index in [9.17, 15) is 0 Å². The van der Waals surface area contributed by atoms with Gasteiger partial charge in [0.2, 0.25) is 0 Å². The van der Waals surface area contributed by atoms with Gasteiger partial charge in [-0.05, 0) is 0 Å². The zero-order chi connectivity index (χ0) is 27.6. The van der Waals surface area contributed by atoms with Crippen LogP contribution in [0.15, 0.2) is 81.2 Å². The minimum absolute atomic E-state index is 0. The van der Waals surface area contributed by atoms with Gasteiger partial charge in [-0.25, -0.2) is 0 Å². The second-order valence-electron chi connectivity index (χ2n) is 13.7. The monoisotopic (exact) mass is 648 g/mol. The molecule has 40 heavy (non-hydrogen) atoms. The summed E-state index contributed by atoms with van der Waals surface area (Å²) in [6.07, 6.45) is 2.52. The van der Waals surface area contributed by atoms with Gasteiger partial charge in [0.15, 0.2) is 0 Å². The van der Waals surface area contributed by atoms with Crippen molar-refractivity contribution in [2.24, 2.45) is 5.92 Å². The van der Waals surface area contributed by atoms with Crippen LogP contribution < -0.4 is 24.8 Å². The molecule has 1 unspecified atom stereocenters. The van der Waals surface area contributed by atoms with Crippen molar-refractivity contribution in [3.05, 3.63) is 115 Å². The predicted molar refractivity (Wildman–Crippen MR) is 163 cm³/mol. The average molecular weight is 651 g/mol. The summed E-state index contributed by atoms with van der Waals surface area (Å²) in [6.45, 7) is 23.4. The number of aryl methyl sites for hydroxylation is 1. The Labute approximate surface area is 263 Å². The Balaban J connectivity index is 0.00000220. The van der Waals surface area contributed by atoms with Gasteiger partial charge in [-0.1, -0.05) is 0 Å². The van der Waals surface area contributed by atoms with Crippen molar-refractivity contribution in [2.45, 2.75) is 83.7 Å². The first-order chi connectivity index (χ1) is 17.8. The molecule has 0 spiro atoms. The minimum Gasteiger partial charge on any atom is -1.00 e. The van der Waals surface area contributed by atoms with Gasteiger partial charge in [0.05, 0.1) is 0 Å². The summed E-state index contributed by atoms with van der Waals surface area (Å²) in [5.41, 5.74) is 15.0. The van der Waals surface area contributed by atoms with Crippen LogP contribution in [0.2, 0.25) is 0 Å². The molecule has 5 rings (SSSR count). The Morgan fingerprint density at radius 3 is 1.55 bits per heavy atom. The summed E-state index contributed by atoms with van der Waals surface area (Å²) in [6, 6.07) is 24.0. The fourth-order valence-electron chi connectivity index (χ4n) is 6.30. The van der Waals surface area contributed by atoms with Crippen LogP contribution in [-0.4, -0.2) is 3.71 Å². The number of fused-ring (bicyclic) bond motifs is 3. The molecule has 0 heterocycles. The third-order valence-electron chi connectivity index (χ3n) is 8.72. The van der Waals surface area contributed by atoms with Crippen molar-refractivity contribution >= 4 is 3.71 Å². The summed E-state index contributed by atoms with van der Waals surface area (Å²) in [4.78, 5) is 0. The third kappa shape index (κ3) is 6.14. The molecule has 0 bridgehead atoms. The summed E-state index contributed by atoms with van der Waals surface area (Å²) in [5, 5.41) is 0. The van der Waals surface area contributed by atoms with Gasteiger partial charge < -0.3 is 24.8 Å². The largest absolute Gasteiger partial charge is 1.00 e. The van der Waals surface area contributed by atoms with E-state index in [2.05, 4.69) is 140 Å². The Hall–Kier alpha value is -1.53. The first-order valence-electron chi connectivity index (χ1n) is 14.2. The Kier molecular flexibility index (Phi) is 9.89. The maximum absolute atomic E-state index is 2.76. The molecule has 3 aromatic carbocycles. The van der Waals surface area contributed by atoms with Crippen molar-refractivity contribution in [3.63, 3.8) is 0 Å². The van der Waals surface area contributed by atoms with E-state index in [-0.39, 0.29) is 35.6 Å². The van der Waals surface area contributed by atoms with Crippen LogP contribution in [0.25, 0.3) is 11.1 Å². The number of hydrogen-bond acceptors (Lipinski definition) is 0. The number of allylic oxidation sites excluding steroid dienone is 4. The maximum Gasteiger partial charge on any atom is -1.00 e. The zero-order valence-electron chi connectivity index (χ0n) is 25.8. The number of halogens is 2. The minimum atomic E-state index is -2.46. The van der Waals surface area contributed by atoms with Crippen LogP contribution in [0.5, 0.6) is 0 Å². The van der Waals surface area contributed by atoms with Crippen LogP contribution >= 0.6 is 0 Å². The molecule has 1 atom stereocenters. The van der Waals surface area contributed by atoms with E-state index < -0.39 is 21.3 Å². The fraction of sp³-hybridized carbons (Fsp3) is 0.378. The zero-order valence-corrected chi connectivity index (χ0v) is 29.8. The van der Waals surface area contributed by atoms with Gasteiger partial charge in [0.25, 0.3) is 0 Å². The molecule has 0 amide bonds. The Bertz CT molecular complexity index is 1440. The first kappa shape index (κ1) is 33.0. The standard InChI is InChI=1S/C21H25.C8H11.C8H8.2ClH.Zr/c1-20(2,3)16-7-9-18-14(12-16)11-15-13-17(21(4,5)6)8-10-19(15)18;1-6-4-7(2)8(3)5-6;1-7-3-5-8(2)6-4-7;;;/h7-13H,1-6H3;4,6H,1-3H3;1,3-6H,2H3;2*1H;/q;;;;;+2/p-2. The van der Waals surface area contributed by atoms with E-state index in [4.69, 9.17) is 0 Å². The summed E-state index contributed by atoms with van der Waals surface area (Å²) in [5.74, 6) is 0.523. The van der Waals surface area contributed by atoms with Crippen LogP contribution in [0.1, 0.15) is 99.3 Å². The summed E-state index contributed by atoms with van der Waals surface area (Å²) >= 11 is -2.46. The van der Waals surface area contributed by atoms with Gasteiger partial charge in [-0.15, -0.1) is 0 Å². The van der Waals surface area contributed by atoms with Crippen molar-refractivity contribution in [1.82, 2.24) is 0 Å².